The Kier molecular flexibility index (Phi) is 4.70. The molecule has 7 nitrogen and oxygen atoms in total. The Labute approximate surface area is 156 Å². The Morgan fingerprint density at radius 2 is 2.07 bits per heavy atom. The van der Waals surface area contributed by atoms with Crippen molar-refractivity contribution < 1.29 is 9.53 Å². The van der Waals surface area contributed by atoms with Crippen LogP contribution in [0, 0.1) is 5.92 Å². The van der Waals surface area contributed by atoms with E-state index in [1.807, 2.05) is 24.3 Å². The lowest BCUT2D eigenvalue weighted by Crippen LogP contribution is -2.32. The van der Waals surface area contributed by atoms with Gasteiger partial charge >= 0.3 is 0 Å². The predicted molar refractivity (Wildman–Crippen MR) is 103 cm³/mol. The summed E-state index contributed by atoms with van der Waals surface area (Å²) in [5, 5.41) is 7.29. The number of hydrogen-bond acceptors (Lipinski definition) is 4. The normalized spacial score (nSPS) is 17.2. The summed E-state index contributed by atoms with van der Waals surface area (Å²) in [5.41, 5.74) is 2.16. The molecule has 1 aliphatic heterocycles. The van der Waals surface area contributed by atoms with Gasteiger partial charge in [0.25, 0.3) is 11.5 Å². The van der Waals surface area contributed by atoms with E-state index in [2.05, 4.69) is 24.3 Å². The number of benzene rings is 1. The van der Waals surface area contributed by atoms with Crippen LogP contribution >= 0.6 is 0 Å². The average molecular weight is 368 g/mol. The van der Waals surface area contributed by atoms with Gasteiger partial charge in [-0.1, -0.05) is 26.0 Å². The monoisotopic (exact) mass is 368 g/mol. The molecule has 1 N–H and O–H groups in total. The van der Waals surface area contributed by atoms with Crippen molar-refractivity contribution in [3.05, 3.63) is 46.4 Å². The molecule has 3 heterocycles. The van der Waals surface area contributed by atoms with Crippen molar-refractivity contribution in [3.8, 4) is 0 Å². The number of para-hydroxylation sites is 2. The molecule has 1 atom stereocenters. The van der Waals surface area contributed by atoms with Crippen LogP contribution in [-0.4, -0.2) is 39.3 Å². The minimum absolute atomic E-state index is 0.0649. The minimum atomic E-state index is -0.284. The first-order valence-corrected chi connectivity index (χ1v) is 9.45. The van der Waals surface area contributed by atoms with Crippen molar-refractivity contribution in [1.29, 1.82) is 0 Å². The molecule has 0 radical (unpaired) electrons. The number of nitrogens with one attached hydrogen (secondary N) is 1. The first-order valence-electron chi connectivity index (χ1n) is 9.45. The van der Waals surface area contributed by atoms with Crippen LogP contribution in [0.25, 0.3) is 16.6 Å². The number of carbonyl (C=O) groups excluding carboxylic acids is 1. The lowest BCUT2D eigenvalue weighted by Gasteiger charge is -2.13. The highest BCUT2D eigenvalue weighted by molar-refractivity contribution is 5.94. The number of ether oxygens (including phenoxy) is 1. The number of hydrogen-bond donors (Lipinski definition) is 1. The second kappa shape index (κ2) is 7.15. The first-order chi connectivity index (χ1) is 13.0. The topological polar surface area (TPSA) is 77.6 Å². The van der Waals surface area contributed by atoms with Gasteiger partial charge in [0.15, 0.2) is 5.69 Å². The Balaban J connectivity index is 1.74. The van der Waals surface area contributed by atoms with E-state index in [1.165, 1.54) is 0 Å². The van der Waals surface area contributed by atoms with E-state index in [0.29, 0.717) is 24.5 Å². The van der Waals surface area contributed by atoms with Gasteiger partial charge in [-0.2, -0.15) is 5.10 Å². The summed E-state index contributed by atoms with van der Waals surface area (Å²) in [6.07, 6.45) is 2.04. The molecule has 2 aromatic heterocycles. The molecular formula is C20H24N4O3. The van der Waals surface area contributed by atoms with E-state index in [0.717, 1.165) is 30.5 Å². The van der Waals surface area contributed by atoms with Gasteiger partial charge < -0.3 is 14.6 Å². The zero-order chi connectivity index (χ0) is 19.0. The molecule has 142 valence electrons. The van der Waals surface area contributed by atoms with Crippen LogP contribution < -0.4 is 10.9 Å². The van der Waals surface area contributed by atoms with Gasteiger partial charge in [0.2, 0.25) is 0 Å². The molecule has 1 aromatic carbocycles. The summed E-state index contributed by atoms with van der Waals surface area (Å²) in [7, 11) is 0. The fourth-order valence-corrected chi connectivity index (χ4v) is 3.60. The van der Waals surface area contributed by atoms with E-state index >= 15 is 0 Å². The largest absolute Gasteiger partial charge is 0.376 e. The predicted octanol–water partition coefficient (Wildman–Crippen LogP) is 2.21. The lowest BCUT2D eigenvalue weighted by molar-refractivity contribution is 0.0853. The van der Waals surface area contributed by atoms with E-state index in [-0.39, 0.29) is 23.3 Å². The summed E-state index contributed by atoms with van der Waals surface area (Å²) < 4.78 is 8.88. The molecule has 1 amide bonds. The zero-order valence-corrected chi connectivity index (χ0v) is 15.6. The summed E-state index contributed by atoms with van der Waals surface area (Å²) in [6.45, 7) is 5.97. The Morgan fingerprint density at radius 3 is 2.78 bits per heavy atom. The molecule has 7 heteroatoms. The van der Waals surface area contributed by atoms with Crippen molar-refractivity contribution in [3.63, 3.8) is 0 Å². The number of fused-ring (bicyclic) bond motifs is 3. The maximum absolute atomic E-state index is 13.0. The highest BCUT2D eigenvalue weighted by atomic mass is 16.5. The number of carbonyl (C=O) groups is 1. The number of nitrogens with zero attached hydrogens (tertiary/aromatic N) is 3. The van der Waals surface area contributed by atoms with Crippen LogP contribution in [0.15, 0.2) is 35.1 Å². The second-order valence-corrected chi connectivity index (χ2v) is 7.47. The molecule has 1 fully saturated rings. The molecule has 3 aromatic rings. The van der Waals surface area contributed by atoms with E-state index in [9.17, 15) is 9.59 Å². The average Bonchev–Trinajstić information content (AvgIpc) is 3.33. The van der Waals surface area contributed by atoms with Crippen LogP contribution in [0.4, 0.5) is 0 Å². The van der Waals surface area contributed by atoms with Crippen LogP contribution in [0.2, 0.25) is 0 Å². The van der Waals surface area contributed by atoms with Crippen molar-refractivity contribution >= 4 is 22.5 Å². The highest BCUT2D eigenvalue weighted by Crippen LogP contribution is 2.16. The molecule has 27 heavy (non-hydrogen) atoms. The number of rotatable bonds is 5. The smallest absolute Gasteiger partial charge is 0.277 e. The van der Waals surface area contributed by atoms with Crippen molar-refractivity contribution in [2.45, 2.75) is 39.3 Å². The van der Waals surface area contributed by atoms with Crippen molar-refractivity contribution in [2.75, 3.05) is 13.2 Å². The Morgan fingerprint density at radius 1 is 1.30 bits per heavy atom. The number of aromatic nitrogens is 3. The summed E-state index contributed by atoms with van der Waals surface area (Å²) in [6, 6.07) is 9.22. The fourth-order valence-electron chi connectivity index (χ4n) is 3.60. The molecule has 1 saturated heterocycles. The van der Waals surface area contributed by atoms with E-state index in [4.69, 9.17) is 4.74 Å². The first kappa shape index (κ1) is 17.7. The van der Waals surface area contributed by atoms with E-state index < -0.39 is 0 Å². The summed E-state index contributed by atoms with van der Waals surface area (Å²) in [5.74, 6) is 0.0405. The SMILES string of the molecule is CC(C)Cn1c(=O)c2cc(C(=O)NC[C@H]3CCCO3)nn2c2ccccc21. The minimum Gasteiger partial charge on any atom is -0.376 e. The van der Waals surface area contributed by atoms with Gasteiger partial charge in [0.1, 0.15) is 5.52 Å². The van der Waals surface area contributed by atoms with Crippen molar-refractivity contribution in [1.82, 2.24) is 19.5 Å². The van der Waals surface area contributed by atoms with Gasteiger partial charge in [-0.05, 0) is 30.9 Å². The molecular weight excluding hydrogens is 344 g/mol. The zero-order valence-electron chi connectivity index (χ0n) is 15.6. The molecule has 0 unspecified atom stereocenters. The quantitative estimate of drug-likeness (QED) is 0.749. The Bertz CT molecular complexity index is 1040. The highest BCUT2D eigenvalue weighted by Gasteiger charge is 2.20. The van der Waals surface area contributed by atoms with Gasteiger partial charge in [-0.15, -0.1) is 0 Å². The number of amides is 1. The van der Waals surface area contributed by atoms with Crippen LogP contribution in [0.1, 0.15) is 37.2 Å². The third-order valence-corrected chi connectivity index (χ3v) is 4.87. The standard InChI is InChI=1S/C20H24N4O3/c1-13(2)12-23-16-7-3-4-8-17(16)24-18(20(23)26)10-15(22-24)19(25)21-11-14-6-5-9-27-14/h3-4,7-8,10,13-14H,5-6,9,11-12H2,1-2H3,(H,21,25)/t14-/m1/s1. The van der Waals surface area contributed by atoms with E-state index in [1.54, 1.807) is 15.1 Å². The van der Waals surface area contributed by atoms with Gasteiger partial charge in [0.05, 0.1) is 17.1 Å². The molecule has 0 aliphatic carbocycles. The maximum atomic E-state index is 13.0. The molecule has 1 aliphatic rings. The molecule has 0 spiro atoms. The van der Waals surface area contributed by atoms with Crippen LogP contribution in [0.3, 0.4) is 0 Å². The molecule has 0 saturated carbocycles. The summed E-state index contributed by atoms with van der Waals surface area (Å²) in [4.78, 5) is 25.6. The molecule has 0 bridgehead atoms. The van der Waals surface area contributed by atoms with Crippen LogP contribution in [-0.2, 0) is 11.3 Å². The maximum Gasteiger partial charge on any atom is 0.277 e. The molecule has 4 rings (SSSR count). The van der Waals surface area contributed by atoms with Crippen LogP contribution in [0.5, 0.6) is 0 Å². The Hall–Kier alpha value is -2.67. The van der Waals surface area contributed by atoms with Gasteiger partial charge in [0, 0.05) is 25.8 Å². The third kappa shape index (κ3) is 3.35. The van der Waals surface area contributed by atoms with Crippen molar-refractivity contribution in [2.24, 2.45) is 5.92 Å². The fraction of sp³-hybridized carbons (Fsp3) is 0.450. The van der Waals surface area contributed by atoms with Gasteiger partial charge in [-0.25, -0.2) is 4.52 Å². The second-order valence-electron chi connectivity index (χ2n) is 7.47. The van der Waals surface area contributed by atoms with Gasteiger partial charge in [-0.3, -0.25) is 9.59 Å². The lowest BCUT2D eigenvalue weighted by atomic mass is 10.2. The third-order valence-electron chi connectivity index (χ3n) is 4.87. The summed E-state index contributed by atoms with van der Waals surface area (Å²) >= 11 is 0.